The van der Waals surface area contributed by atoms with E-state index in [-0.39, 0.29) is 30.1 Å². The number of nitrogens with one attached hydrogen (secondary N) is 1. The van der Waals surface area contributed by atoms with Crippen LogP contribution in [0.2, 0.25) is 0 Å². The number of nitrogens with zero attached hydrogens (tertiary/aromatic N) is 1. The Kier molecular flexibility index (Phi) is 6.26. The number of ether oxygens (including phenoxy) is 1. The largest absolute Gasteiger partial charge is 0.483 e. The maximum atomic E-state index is 13.6. The number of rotatable bonds is 8. The highest BCUT2D eigenvalue weighted by atomic mass is 32.1. The summed E-state index contributed by atoms with van der Waals surface area (Å²) in [5.74, 6) is 0.0549. The van der Waals surface area contributed by atoms with Gasteiger partial charge in [-0.25, -0.2) is 4.39 Å². The fraction of sp³-hybridized carbons (Fsp3) is 0.250. The number of amides is 1. The molecule has 2 heterocycles. The first-order valence-corrected chi connectivity index (χ1v) is 9.41. The predicted molar refractivity (Wildman–Crippen MR) is 103 cm³/mol. The Labute approximate surface area is 161 Å². The van der Waals surface area contributed by atoms with Crippen LogP contribution < -0.4 is 10.1 Å². The Hall–Kier alpha value is -2.64. The third kappa shape index (κ3) is 4.96. The molecule has 0 fully saturated rings. The molecule has 0 radical (unpaired) electrons. The van der Waals surface area contributed by atoms with Crippen LogP contribution in [0.5, 0.6) is 5.75 Å². The molecule has 1 unspecified atom stereocenters. The van der Waals surface area contributed by atoms with Crippen LogP contribution in [-0.4, -0.2) is 31.4 Å². The SMILES string of the molecule is CN(C)C(CNC(=O)c1ccc(COc2ccccc2F)o1)c1ccsc1. The van der Waals surface area contributed by atoms with Crippen LogP contribution in [-0.2, 0) is 6.61 Å². The molecular weight excluding hydrogens is 367 g/mol. The van der Waals surface area contributed by atoms with Crippen molar-refractivity contribution in [2.45, 2.75) is 12.6 Å². The second-order valence-electron chi connectivity index (χ2n) is 6.23. The summed E-state index contributed by atoms with van der Waals surface area (Å²) in [5.41, 5.74) is 1.16. The molecule has 0 bridgehead atoms. The zero-order valence-corrected chi connectivity index (χ0v) is 16.0. The van der Waals surface area contributed by atoms with Gasteiger partial charge in [0.15, 0.2) is 17.3 Å². The average molecular weight is 388 g/mol. The molecule has 1 amide bonds. The van der Waals surface area contributed by atoms with E-state index in [1.54, 1.807) is 35.6 Å². The zero-order valence-electron chi connectivity index (χ0n) is 15.1. The molecule has 3 rings (SSSR count). The van der Waals surface area contributed by atoms with Gasteiger partial charge in [0.05, 0.1) is 6.04 Å². The standard InChI is InChI=1S/C20H21FN2O3S/c1-23(2)17(14-9-10-27-13-14)11-22-20(24)19-8-7-15(26-19)12-25-18-6-4-3-5-16(18)21/h3-10,13,17H,11-12H2,1-2H3,(H,22,24). The van der Waals surface area contributed by atoms with Gasteiger partial charge >= 0.3 is 0 Å². The van der Waals surface area contributed by atoms with Gasteiger partial charge in [0.1, 0.15) is 12.4 Å². The molecule has 1 N–H and O–H groups in total. The minimum Gasteiger partial charge on any atom is -0.483 e. The number of para-hydroxylation sites is 1. The molecule has 2 aromatic heterocycles. The maximum absolute atomic E-state index is 13.6. The van der Waals surface area contributed by atoms with Crippen molar-refractivity contribution in [3.63, 3.8) is 0 Å². The van der Waals surface area contributed by atoms with E-state index in [4.69, 9.17) is 9.15 Å². The summed E-state index contributed by atoms with van der Waals surface area (Å²) in [6, 6.07) is 11.5. The second-order valence-corrected chi connectivity index (χ2v) is 7.01. The Balaban J connectivity index is 1.56. The second kappa shape index (κ2) is 8.83. The van der Waals surface area contributed by atoms with E-state index >= 15 is 0 Å². The molecule has 0 aliphatic carbocycles. The Morgan fingerprint density at radius 1 is 1.26 bits per heavy atom. The topological polar surface area (TPSA) is 54.7 Å². The lowest BCUT2D eigenvalue weighted by Gasteiger charge is -2.23. The minimum absolute atomic E-state index is 0.0451. The summed E-state index contributed by atoms with van der Waals surface area (Å²) in [4.78, 5) is 14.4. The molecule has 0 aliphatic heterocycles. The number of benzene rings is 1. The number of hydrogen-bond donors (Lipinski definition) is 1. The lowest BCUT2D eigenvalue weighted by Crippen LogP contribution is -2.34. The molecule has 1 atom stereocenters. The number of halogens is 1. The van der Waals surface area contributed by atoms with Gasteiger partial charge in [-0.2, -0.15) is 11.3 Å². The number of hydrogen-bond acceptors (Lipinski definition) is 5. The number of carbonyl (C=O) groups is 1. The lowest BCUT2D eigenvalue weighted by molar-refractivity contribution is 0.0910. The van der Waals surface area contributed by atoms with Crippen LogP contribution in [0.1, 0.15) is 27.9 Å². The van der Waals surface area contributed by atoms with Crippen molar-refractivity contribution in [3.05, 3.63) is 76.1 Å². The molecule has 0 spiro atoms. The number of carbonyl (C=O) groups excluding carboxylic acids is 1. The van der Waals surface area contributed by atoms with Gasteiger partial charge in [0, 0.05) is 6.54 Å². The molecule has 27 heavy (non-hydrogen) atoms. The van der Waals surface area contributed by atoms with Gasteiger partial charge in [-0.1, -0.05) is 12.1 Å². The van der Waals surface area contributed by atoms with Crippen LogP contribution in [0.25, 0.3) is 0 Å². The van der Waals surface area contributed by atoms with Gasteiger partial charge in [-0.05, 0) is 60.8 Å². The summed E-state index contributed by atoms with van der Waals surface area (Å²) in [7, 11) is 3.94. The minimum atomic E-state index is -0.440. The lowest BCUT2D eigenvalue weighted by atomic mass is 10.1. The van der Waals surface area contributed by atoms with E-state index in [1.807, 2.05) is 25.5 Å². The van der Waals surface area contributed by atoms with Gasteiger partial charge in [-0.3, -0.25) is 4.79 Å². The van der Waals surface area contributed by atoms with E-state index in [2.05, 4.69) is 15.6 Å². The van der Waals surface area contributed by atoms with E-state index in [0.717, 1.165) is 5.56 Å². The third-order valence-corrected chi connectivity index (χ3v) is 4.80. The molecular formula is C20H21FN2O3S. The summed E-state index contributed by atoms with van der Waals surface area (Å²) in [6.45, 7) is 0.508. The normalized spacial score (nSPS) is 12.1. The number of likely N-dealkylation sites (N-methyl/N-ethyl adjacent to an activating group) is 1. The highest BCUT2D eigenvalue weighted by Crippen LogP contribution is 2.21. The fourth-order valence-electron chi connectivity index (χ4n) is 2.63. The van der Waals surface area contributed by atoms with Crippen molar-refractivity contribution in [2.24, 2.45) is 0 Å². The highest BCUT2D eigenvalue weighted by molar-refractivity contribution is 7.07. The monoisotopic (exact) mass is 388 g/mol. The van der Waals surface area contributed by atoms with Gasteiger partial charge in [0.25, 0.3) is 5.91 Å². The first-order valence-electron chi connectivity index (χ1n) is 8.47. The summed E-state index contributed by atoms with van der Waals surface area (Å²) < 4.78 is 24.5. The number of furan rings is 1. The Bertz CT molecular complexity index is 877. The van der Waals surface area contributed by atoms with Crippen molar-refractivity contribution in [1.82, 2.24) is 10.2 Å². The quantitative estimate of drug-likeness (QED) is 0.631. The van der Waals surface area contributed by atoms with Gasteiger partial charge < -0.3 is 19.4 Å². The maximum Gasteiger partial charge on any atom is 0.287 e. The molecule has 5 nitrogen and oxygen atoms in total. The highest BCUT2D eigenvalue weighted by Gasteiger charge is 2.18. The van der Waals surface area contributed by atoms with Crippen molar-refractivity contribution in [3.8, 4) is 5.75 Å². The first kappa shape index (κ1) is 19.1. The Morgan fingerprint density at radius 3 is 2.78 bits per heavy atom. The van der Waals surface area contributed by atoms with Crippen molar-refractivity contribution < 1.29 is 18.3 Å². The summed E-state index contributed by atoms with van der Waals surface area (Å²) in [6.07, 6.45) is 0. The van der Waals surface area contributed by atoms with E-state index in [1.165, 1.54) is 12.1 Å². The predicted octanol–water partition coefficient (Wildman–Crippen LogP) is 4.09. The molecule has 0 aliphatic rings. The smallest absolute Gasteiger partial charge is 0.287 e. The molecule has 1 aromatic carbocycles. The fourth-order valence-corrected chi connectivity index (χ4v) is 3.33. The van der Waals surface area contributed by atoms with Crippen LogP contribution in [0.4, 0.5) is 4.39 Å². The number of thiophene rings is 1. The van der Waals surface area contributed by atoms with Crippen molar-refractivity contribution in [1.29, 1.82) is 0 Å². The van der Waals surface area contributed by atoms with Crippen molar-refractivity contribution in [2.75, 3.05) is 20.6 Å². The Morgan fingerprint density at radius 2 is 2.07 bits per heavy atom. The van der Waals surface area contributed by atoms with Crippen molar-refractivity contribution >= 4 is 17.2 Å². The molecule has 0 saturated heterocycles. The molecule has 7 heteroatoms. The molecule has 0 saturated carbocycles. The van der Waals surface area contributed by atoms with Crippen LogP contribution in [0, 0.1) is 5.82 Å². The van der Waals surface area contributed by atoms with E-state index in [9.17, 15) is 9.18 Å². The summed E-state index contributed by atoms with van der Waals surface area (Å²) >= 11 is 1.63. The molecule has 142 valence electrons. The van der Waals surface area contributed by atoms with Gasteiger partial charge in [0.2, 0.25) is 0 Å². The van der Waals surface area contributed by atoms with Crippen LogP contribution >= 0.6 is 11.3 Å². The molecule has 3 aromatic rings. The first-order chi connectivity index (χ1) is 13.0. The zero-order chi connectivity index (χ0) is 19.2. The average Bonchev–Trinajstić information content (AvgIpc) is 3.33. The van der Waals surface area contributed by atoms with Gasteiger partial charge in [-0.15, -0.1) is 0 Å². The summed E-state index contributed by atoms with van der Waals surface area (Å²) in [5, 5.41) is 6.98. The van der Waals surface area contributed by atoms with Crippen LogP contribution in [0.15, 0.2) is 57.6 Å². The van der Waals surface area contributed by atoms with Crippen LogP contribution in [0.3, 0.4) is 0 Å². The third-order valence-electron chi connectivity index (χ3n) is 4.10. The van der Waals surface area contributed by atoms with E-state index in [0.29, 0.717) is 12.3 Å². The van der Waals surface area contributed by atoms with E-state index < -0.39 is 5.82 Å².